The number of carbonyl (C=O) groups excluding carboxylic acids is 1. The van der Waals surface area contributed by atoms with Gasteiger partial charge in [-0.05, 0) is 12.5 Å². The molecular formula is C13H18N2O4. The number of rotatable bonds is 7. The third-order valence-corrected chi connectivity index (χ3v) is 2.30. The molecule has 3 N–H and O–H groups in total. The van der Waals surface area contributed by atoms with E-state index in [1.807, 2.05) is 30.3 Å². The Morgan fingerprint density at radius 1 is 1.32 bits per heavy atom. The molecule has 0 saturated carbocycles. The Bertz CT molecular complexity index is 408. The van der Waals surface area contributed by atoms with E-state index >= 15 is 0 Å². The number of benzene rings is 1. The van der Waals surface area contributed by atoms with Gasteiger partial charge in [0, 0.05) is 12.6 Å². The Hall–Kier alpha value is -2.08. The van der Waals surface area contributed by atoms with Gasteiger partial charge < -0.3 is 20.5 Å². The summed E-state index contributed by atoms with van der Waals surface area (Å²) in [7, 11) is 0. The standard InChI is InChI=1S/C13H18N2O4/c1-10(7-14-8-12(16)17)15-13(18)19-9-11-5-3-2-4-6-11/h2-6,10,14H,7-9H2,1H3,(H,15,18)(H,16,17)/t10-/m1/s1. The zero-order valence-corrected chi connectivity index (χ0v) is 10.8. The molecule has 1 atom stereocenters. The van der Waals surface area contributed by atoms with Crippen LogP contribution in [0.4, 0.5) is 4.79 Å². The van der Waals surface area contributed by atoms with Crippen LogP contribution >= 0.6 is 0 Å². The van der Waals surface area contributed by atoms with Crippen molar-refractivity contribution in [1.29, 1.82) is 0 Å². The molecule has 0 bridgehead atoms. The Labute approximate surface area is 111 Å². The highest BCUT2D eigenvalue weighted by atomic mass is 16.5. The van der Waals surface area contributed by atoms with Gasteiger partial charge >= 0.3 is 12.1 Å². The number of aliphatic carboxylic acids is 1. The van der Waals surface area contributed by atoms with Crippen molar-refractivity contribution in [1.82, 2.24) is 10.6 Å². The van der Waals surface area contributed by atoms with Crippen molar-refractivity contribution in [3.8, 4) is 0 Å². The van der Waals surface area contributed by atoms with E-state index in [1.54, 1.807) is 6.92 Å². The SMILES string of the molecule is C[C@H](CNCC(=O)O)NC(=O)OCc1ccccc1. The summed E-state index contributed by atoms with van der Waals surface area (Å²) in [6, 6.07) is 9.16. The number of alkyl carbamates (subject to hydrolysis) is 1. The highest BCUT2D eigenvalue weighted by Gasteiger charge is 2.08. The van der Waals surface area contributed by atoms with Crippen molar-refractivity contribution >= 4 is 12.1 Å². The molecule has 0 aromatic heterocycles. The molecule has 0 aliphatic rings. The third-order valence-electron chi connectivity index (χ3n) is 2.30. The summed E-state index contributed by atoms with van der Waals surface area (Å²) in [4.78, 5) is 21.7. The third kappa shape index (κ3) is 7.05. The highest BCUT2D eigenvalue weighted by molar-refractivity contribution is 5.69. The van der Waals surface area contributed by atoms with E-state index in [4.69, 9.17) is 9.84 Å². The van der Waals surface area contributed by atoms with E-state index in [0.717, 1.165) is 5.56 Å². The smallest absolute Gasteiger partial charge is 0.407 e. The lowest BCUT2D eigenvalue weighted by molar-refractivity contribution is -0.135. The van der Waals surface area contributed by atoms with Gasteiger partial charge in [-0.1, -0.05) is 30.3 Å². The van der Waals surface area contributed by atoms with Gasteiger partial charge in [-0.15, -0.1) is 0 Å². The highest BCUT2D eigenvalue weighted by Crippen LogP contribution is 2.00. The molecule has 6 heteroatoms. The number of ether oxygens (including phenoxy) is 1. The lowest BCUT2D eigenvalue weighted by Gasteiger charge is -2.14. The Kier molecular flexibility index (Phi) is 6.38. The van der Waals surface area contributed by atoms with Gasteiger partial charge in [-0.3, -0.25) is 4.79 Å². The number of carboxylic acid groups (broad SMARTS) is 1. The summed E-state index contributed by atoms with van der Waals surface area (Å²) >= 11 is 0. The number of hydrogen-bond acceptors (Lipinski definition) is 4. The summed E-state index contributed by atoms with van der Waals surface area (Å²) in [5.41, 5.74) is 0.911. The van der Waals surface area contributed by atoms with E-state index in [0.29, 0.717) is 6.54 Å². The number of carboxylic acids is 1. The lowest BCUT2D eigenvalue weighted by Crippen LogP contribution is -2.41. The maximum absolute atomic E-state index is 11.4. The van der Waals surface area contributed by atoms with Gasteiger partial charge in [0.25, 0.3) is 0 Å². The van der Waals surface area contributed by atoms with Crippen LogP contribution < -0.4 is 10.6 Å². The fourth-order valence-electron chi connectivity index (χ4n) is 1.41. The van der Waals surface area contributed by atoms with Crippen molar-refractivity contribution in [3.63, 3.8) is 0 Å². The molecule has 1 aromatic rings. The van der Waals surface area contributed by atoms with Crippen molar-refractivity contribution in [2.75, 3.05) is 13.1 Å². The molecular weight excluding hydrogens is 248 g/mol. The fraction of sp³-hybridized carbons (Fsp3) is 0.385. The average molecular weight is 266 g/mol. The van der Waals surface area contributed by atoms with Gasteiger partial charge in [0.15, 0.2) is 0 Å². The quantitative estimate of drug-likeness (QED) is 0.684. The summed E-state index contributed by atoms with van der Waals surface area (Å²) < 4.78 is 5.03. The van der Waals surface area contributed by atoms with Crippen LogP contribution in [0.3, 0.4) is 0 Å². The van der Waals surface area contributed by atoms with Crippen LogP contribution in [-0.2, 0) is 16.1 Å². The van der Waals surface area contributed by atoms with E-state index < -0.39 is 12.1 Å². The Morgan fingerprint density at radius 3 is 2.63 bits per heavy atom. The molecule has 104 valence electrons. The van der Waals surface area contributed by atoms with Crippen LogP contribution in [-0.4, -0.2) is 36.3 Å². The van der Waals surface area contributed by atoms with Crippen molar-refractivity contribution in [3.05, 3.63) is 35.9 Å². The molecule has 1 amide bonds. The first kappa shape index (κ1) is 15.0. The van der Waals surface area contributed by atoms with Crippen LogP contribution in [0.5, 0.6) is 0 Å². The predicted molar refractivity (Wildman–Crippen MR) is 69.7 cm³/mol. The molecule has 0 radical (unpaired) electrons. The normalized spacial score (nSPS) is 11.6. The molecule has 19 heavy (non-hydrogen) atoms. The van der Waals surface area contributed by atoms with Gasteiger partial charge in [-0.2, -0.15) is 0 Å². The second kappa shape index (κ2) is 8.10. The number of hydrogen-bond donors (Lipinski definition) is 3. The molecule has 0 unspecified atom stereocenters. The second-order valence-electron chi connectivity index (χ2n) is 4.13. The fourth-order valence-corrected chi connectivity index (χ4v) is 1.41. The first-order valence-corrected chi connectivity index (χ1v) is 5.97. The van der Waals surface area contributed by atoms with Gasteiger partial charge in [0.2, 0.25) is 0 Å². The number of amides is 1. The van der Waals surface area contributed by atoms with E-state index in [1.165, 1.54) is 0 Å². The summed E-state index contributed by atoms with van der Waals surface area (Å²) in [6.07, 6.45) is -0.520. The summed E-state index contributed by atoms with van der Waals surface area (Å²) in [5, 5.41) is 13.7. The van der Waals surface area contributed by atoms with Crippen LogP contribution in [0.2, 0.25) is 0 Å². The number of carbonyl (C=O) groups is 2. The molecule has 0 aliphatic carbocycles. The van der Waals surface area contributed by atoms with Crippen LogP contribution in [0, 0.1) is 0 Å². The molecule has 0 saturated heterocycles. The maximum atomic E-state index is 11.4. The van der Waals surface area contributed by atoms with Gasteiger partial charge in [-0.25, -0.2) is 4.79 Å². The van der Waals surface area contributed by atoms with Crippen molar-refractivity contribution in [2.45, 2.75) is 19.6 Å². The predicted octanol–water partition coefficient (Wildman–Crippen LogP) is 0.975. The molecule has 1 aromatic carbocycles. The van der Waals surface area contributed by atoms with Gasteiger partial charge in [0.05, 0.1) is 6.54 Å². The van der Waals surface area contributed by atoms with Crippen LogP contribution in [0.25, 0.3) is 0 Å². The molecule has 0 heterocycles. The van der Waals surface area contributed by atoms with E-state index in [-0.39, 0.29) is 19.2 Å². The van der Waals surface area contributed by atoms with Crippen molar-refractivity contribution < 1.29 is 19.4 Å². The minimum Gasteiger partial charge on any atom is -0.480 e. The first-order valence-electron chi connectivity index (χ1n) is 5.97. The lowest BCUT2D eigenvalue weighted by atomic mass is 10.2. The monoisotopic (exact) mass is 266 g/mol. The first-order chi connectivity index (χ1) is 9.08. The van der Waals surface area contributed by atoms with Gasteiger partial charge in [0.1, 0.15) is 6.61 Å². The van der Waals surface area contributed by atoms with Crippen LogP contribution in [0.15, 0.2) is 30.3 Å². The number of nitrogens with one attached hydrogen (secondary N) is 2. The second-order valence-corrected chi connectivity index (χ2v) is 4.13. The van der Waals surface area contributed by atoms with Crippen molar-refractivity contribution in [2.24, 2.45) is 0 Å². The molecule has 6 nitrogen and oxygen atoms in total. The topological polar surface area (TPSA) is 87.7 Å². The molecule has 0 spiro atoms. The molecule has 0 aliphatic heterocycles. The minimum absolute atomic E-state index is 0.134. The molecule has 0 fully saturated rings. The van der Waals surface area contributed by atoms with E-state index in [9.17, 15) is 9.59 Å². The van der Waals surface area contributed by atoms with E-state index in [2.05, 4.69) is 10.6 Å². The molecule has 1 rings (SSSR count). The summed E-state index contributed by atoms with van der Waals surface area (Å²) in [6.45, 7) is 2.21. The summed E-state index contributed by atoms with van der Waals surface area (Å²) in [5.74, 6) is -0.932. The minimum atomic E-state index is -0.932. The Morgan fingerprint density at radius 2 is 2.00 bits per heavy atom. The maximum Gasteiger partial charge on any atom is 0.407 e. The zero-order chi connectivity index (χ0) is 14.1. The average Bonchev–Trinajstić information content (AvgIpc) is 2.37. The van der Waals surface area contributed by atoms with Crippen LogP contribution in [0.1, 0.15) is 12.5 Å². The zero-order valence-electron chi connectivity index (χ0n) is 10.8. The Balaban J connectivity index is 2.18. The largest absolute Gasteiger partial charge is 0.480 e.